The van der Waals surface area contributed by atoms with Gasteiger partial charge in [0, 0.05) is 6.42 Å². The van der Waals surface area contributed by atoms with Gasteiger partial charge in [0.1, 0.15) is 6.10 Å². The highest BCUT2D eigenvalue weighted by molar-refractivity contribution is 5.74. The third-order valence-corrected chi connectivity index (χ3v) is 5.84. The van der Waals surface area contributed by atoms with Gasteiger partial charge in [-0.2, -0.15) is 13.2 Å². The molecule has 1 aromatic carbocycles. The van der Waals surface area contributed by atoms with Crippen LogP contribution in [-0.2, 0) is 15.7 Å². The number of aliphatic hydroxyl groups is 1. The Morgan fingerprint density at radius 2 is 1.90 bits per heavy atom. The molecular weight excluding hydrogens is 393 g/mol. The number of hydrogen-bond donors (Lipinski definition) is 1. The second kappa shape index (κ2) is 7.88. The van der Waals surface area contributed by atoms with Crippen molar-refractivity contribution < 1.29 is 27.8 Å². The number of alkyl halides is 3. The van der Waals surface area contributed by atoms with Crippen LogP contribution < -0.4 is 0 Å². The topological polar surface area (TPSA) is 46.5 Å². The van der Waals surface area contributed by atoms with E-state index in [-0.39, 0.29) is 17.3 Å². The molecule has 0 radical (unpaired) electrons. The van der Waals surface area contributed by atoms with Crippen molar-refractivity contribution in [1.82, 2.24) is 0 Å². The molecule has 0 saturated carbocycles. The normalized spacial score (nSPS) is 26.7. The maximum absolute atomic E-state index is 13.3. The summed E-state index contributed by atoms with van der Waals surface area (Å²) in [4.78, 5) is 11.6. The Kier molecular flexibility index (Phi) is 5.93. The van der Waals surface area contributed by atoms with Crippen molar-refractivity contribution in [3.63, 3.8) is 0 Å². The number of hydrogen-bond acceptors (Lipinski definition) is 3. The van der Waals surface area contributed by atoms with E-state index in [1.807, 2.05) is 6.08 Å². The van der Waals surface area contributed by atoms with Gasteiger partial charge in [0.25, 0.3) is 0 Å². The second-order valence-corrected chi connectivity index (χ2v) is 9.85. The Hall–Kier alpha value is -2.08. The van der Waals surface area contributed by atoms with Crippen LogP contribution in [0.25, 0.3) is 5.57 Å². The van der Waals surface area contributed by atoms with E-state index >= 15 is 0 Å². The minimum absolute atomic E-state index is 0.0117. The molecule has 1 heterocycles. The van der Waals surface area contributed by atoms with Gasteiger partial charge in [0.05, 0.1) is 18.1 Å². The van der Waals surface area contributed by atoms with Crippen LogP contribution >= 0.6 is 0 Å². The molecule has 1 fully saturated rings. The van der Waals surface area contributed by atoms with Crippen LogP contribution in [0.5, 0.6) is 0 Å². The highest BCUT2D eigenvalue weighted by Gasteiger charge is 2.39. The summed E-state index contributed by atoms with van der Waals surface area (Å²) in [6, 6.07) is 5.47. The molecule has 1 aromatic rings. The zero-order chi connectivity index (χ0) is 22.3. The van der Waals surface area contributed by atoms with Crippen LogP contribution in [-0.4, -0.2) is 23.3 Å². The zero-order valence-corrected chi connectivity index (χ0v) is 17.8. The van der Waals surface area contributed by atoms with Crippen LogP contribution in [0.4, 0.5) is 13.2 Å². The summed E-state index contributed by atoms with van der Waals surface area (Å²) in [6.07, 6.45) is -0.233. The van der Waals surface area contributed by atoms with Crippen molar-refractivity contribution in [2.45, 2.75) is 71.8 Å². The van der Waals surface area contributed by atoms with Crippen molar-refractivity contribution in [1.29, 1.82) is 0 Å². The van der Waals surface area contributed by atoms with Crippen LogP contribution in [0, 0.1) is 10.8 Å². The predicted octanol–water partition coefficient (Wildman–Crippen LogP) is 5.93. The number of rotatable bonds is 3. The van der Waals surface area contributed by atoms with E-state index in [9.17, 15) is 23.1 Å². The summed E-state index contributed by atoms with van der Waals surface area (Å²) in [5.41, 5.74) is 1.36. The van der Waals surface area contributed by atoms with Gasteiger partial charge in [0.15, 0.2) is 0 Å². The minimum Gasteiger partial charge on any atom is -0.458 e. The number of carbonyl (C=O) groups excluding carboxylic acids is 1. The van der Waals surface area contributed by atoms with E-state index in [0.717, 1.165) is 23.6 Å². The lowest BCUT2D eigenvalue weighted by Gasteiger charge is -2.43. The molecule has 2 aliphatic rings. The molecule has 6 heteroatoms. The Balaban J connectivity index is 2.07. The van der Waals surface area contributed by atoms with Crippen molar-refractivity contribution in [3.8, 4) is 0 Å². The van der Waals surface area contributed by atoms with Crippen molar-refractivity contribution >= 4 is 11.5 Å². The molecule has 164 valence electrons. The SMILES string of the molecule is CC1(C)CC(c2cccc(C(F)(F)F)c2)=C(C=CC2CC(O)CC(=O)O2)C(C)(C)C1. The highest BCUT2D eigenvalue weighted by Crippen LogP contribution is 2.52. The molecule has 3 nitrogen and oxygen atoms in total. The molecule has 2 atom stereocenters. The summed E-state index contributed by atoms with van der Waals surface area (Å²) in [6.45, 7) is 8.43. The lowest BCUT2D eigenvalue weighted by Crippen LogP contribution is -2.32. The number of carbonyl (C=O) groups is 1. The first kappa shape index (κ1) is 22.6. The first-order valence-electron chi connectivity index (χ1n) is 10.2. The molecule has 1 saturated heterocycles. The summed E-state index contributed by atoms with van der Waals surface area (Å²) >= 11 is 0. The Labute approximate surface area is 175 Å². The zero-order valence-electron chi connectivity index (χ0n) is 17.8. The summed E-state index contributed by atoms with van der Waals surface area (Å²) in [5.74, 6) is -0.445. The van der Waals surface area contributed by atoms with Crippen molar-refractivity contribution in [2.24, 2.45) is 10.8 Å². The third-order valence-electron chi connectivity index (χ3n) is 5.84. The molecule has 30 heavy (non-hydrogen) atoms. The standard InChI is InChI=1S/C24H29F3O3/c1-22(2)13-19(15-6-5-7-16(10-15)24(25,26)27)20(23(3,4)14-22)9-8-18-11-17(28)12-21(29)30-18/h5-10,17-18,28H,11-14H2,1-4H3. The van der Waals surface area contributed by atoms with Gasteiger partial charge in [-0.25, -0.2) is 0 Å². The van der Waals surface area contributed by atoms with Gasteiger partial charge >= 0.3 is 12.1 Å². The van der Waals surface area contributed by atoms with E-state index in [0.29, 0.717) is 18.4 Å². The summed E-state index contributed by atoms with van der Waals surface area (Å²) in [7, 11) is 0. The molecule has 1 aliphatic heterocycles. The average molecular weight is 422 g/mol. The number of halogens is 3. The van der Waals surface area contributed by atoms with Gasteiger partial charge in [-0.3, -0.25) is 4.79 Å². The lowest BCUT2D eigenvalue weighted by molar-refractivity contribution is -0.156. The number of cyclic esters (lactones) is 1. The number of aliphatic hydroxyl groups excluding tert-OH is 1. The van der Waals surface area contributed by atoms with E-state index in [1.54, 1.807) is 12.1 Å². The Bertz CT molecular complexity index is 878. The molecule has 0 spiro atoms. The van der Waals surface area contributed by atoms with Crippen LogP contribution in [0.1, 0.15) is 64.5 Å². The van der Waals surface area contributed by atoms with Gasteiger partial charge in [-0.15, -0.1) is 0 Å². The Morgan fingerprint density at radius 3 is 2.53 bits per heavy atom. The first-order valence-corrected chi connectivity index (χ1v) is 10.2. The molecule has 0 amide bonds. The third kappa shape index (κ3) is 5.15. The molecule has 1 aliphatic carbocycles. The molecule has 2 unspecified atom stereocenters. The minimum atomic E-state index is -4.40. The quantitative estimate of drug-likeness (QED) is 0.615. The van der Waals surface area contributed by atoms with Crippen LogP contribution in [0.3, 0.4) is 0 Å². The highest BCUT2D eigenvalue weighted by atomic mass is 19.4. The van der Waals surface area contributed by atoms with E-state index in [4.69, 9.17) is 4.74 Å². The van der Waals surface area contributed by atoms with Gasteiger partial charge in [-0.05, 0) is 58.6 Å². The maximum Gasteiger partial charge on any atom is 0.416 e. The van der Waals surface area contributed by atoms with E-state index in [1.165, 1.54) is 12.1 Å². The number of esters is 1. The van der Waals surface area contributed by atoms with Crippen LogP contribution in [0.15, 0.2) is 42.0 Å². The molecular formula is C24H29F3O3. The van der Waals surface area contributed by atoms with Crippen molar-refractivity contribution in [3.05, 3.63) is 53.1 Å². The van der Waals surface area contributed by atoms with Gasteiger partial charge in [-0.1, -0.05) is 45.9 Å². The molecule has 0 aromatic heterocycles. The number of benzene rings is 1. The van der Waals surface area contributed by atoms with Crippen molar-refractivity contribution in [2.75, 3.05) is 0 Å². The van der Waals surface area contributed by atoms with Crippen LogP contribution in [0.2, 0.25) is 0 Å². The monoisotopic (exact) mass is 422 g/mol. The average Bonchev–Trinajstić information content (AvgIpc) is 2.57. The van der Waals surface area contributed by atoms with Gasteiger partial charge < -0.3 is 9.84 Å². The second-order valence-electron chi connectivity index (χ2n) is 9.85. The fraction of sp³-hybridized carbons (Fsp3) is 0.542. The largest absolute Gasteiger partial charge is 0.458 e. The predicted molar refractivity (Wildman–Crippen MR) is 109 cm³/mol. The Morgan fingerprint density at radius 1 is 1.20 bits per heavy atom. The fourth-order valence-electron chi connectivity index (χ4n) is 4.93. The molecule has 3 rings (SSSR count). The number of allylic oxidation sites excluding steroid dienone is 3. The van der Waals surface area contributed by atoms with Gasteiger partial charge in [0.2, 0.25) is 0 Å². The lowest BCUT2D eigenvalue weighted by atomic mass is 9.61. The fourth-order valence-corrected chi connectivity index (χ4v) is 4.93. The molecule has 1 N–H and O–H groups in total. The van der Waals surface area contributed by atoms with E-state index < -0.39 is 29.9 Å². The first-order chi connectivity index (χ1) is 13.8. The molecule has 0 bridgehead atoms. The summed E-state index contributed by atoms with van der Waals surface area (Å²) < 4.78 is 45.2. The summed E-state index contributed by atoms with van der Waals surface area (Å²) in [5, 5.41) is 9.84. The maximum atomic E-state index is 13.3. The number of ether oxygens (including phenoxy) is 1. The van der Waals surface area contributed by atoms with E-state index in [2.05, 4.69) is 27.7 Å². The smallest absolute Gasteiger partial charge is 0.416 e.